The Morgan fingerprint density at radius 2 is 1.79 bits per heavy atom. The predicted octanol–water partition coefficient (Wildman–Crippen LogP) is 3.22. The first kappa shape index (κ1) is 14.4. The van der Waals surface area contributed by atoms with E-state index in [2.05, 4.69) is 40.7 Å². The molecule has 1 aliphatic rings. The molecule has 19 heavy (non-hydrogen) atoms. The molecule has 0 unspecified atom stereocenters. The monoisotopic (exact) mass is 280 g/mol. The molecule has 106 valence electrons. The summed E-state index contributed by atoms with van der Waals surface area (Å²) >= 11 is 1.96. The van der Waals surface area contributed by atoms with Gasteiger partial charge in [0.25, 0.3) is 0 Å². The van der Waals surface area contributed by atoms with Gasteiger partial charge in [0.1, 0.15) is 17.5 Å². The van der Waals surface area contributed by atoms with Gasteiger partial charge in [0.05, 0.1) is 0 Å². The van der Waals surface area contributed by atoms with Gasteiger partial charge in [-0.15, -0.1) is 0 Å². The molecule has 1 saturated carbocycles. The summed E-state index contributed by atoms with van der Waals surface area (Å²) in [7, 11) is 0. The molecule has 1 aliphatic carbocycles. The molecule has 2 N–H and O–H groups in total. The molecule has 0 saturated heterocycles. The third-order valence-corrected chi connectivity index (χ3v) is 5.04. The summed E-state index contributed by atoms with van der Waals surface area (Å²) in [5.74, 6) is 2.76. The summed E-state index contributed by atoms with van der Waals surface area (Å²) in [5, 5.41) is 6.89. The first-order valence-corrected chi connectivity index (χ1v) is 8.21. The molecule has 0 aromatic carbocycles. The van der Waals surface area contributed by atoms with E-state index in [1.807, 2.05) is 18.7 Å². The van der Waals surface area contributed by atoms with Crippen molar-refractivity contribution in [2.24, 2.45) is 0 Å². The fourth-order valence-electron chi connectivity index (χ4n) is 2.05. The summed E-state index contributed by atoms with van der Waals surface area (Å²) in [6, 6.07) is 0. The fraction of sp³-hybridized carbons (Fsp3) is 0.714. The standard InChI is InChI=1S/C14H24N4S/c1-5-8-15-12-10(2)13(18-11(3)17-12)16-9-14(19-4)6-7-14/h5-9H2,1-4H3,(H2,15,16,17,18). The van der Waals surface area contributed by atoms with Crippen LogP contribution in [0.4, 0.5) is 11.6 Å². The number of aromatic nitrogens is 2. The van der Waals surface area contributed by atoms with E-state index in [9.17, 15) is 0 Å². The maximum Gasteiger partial charge on any atom is 0.134 e. The Bertz CT molecular complexity index is 443. The van der Waals surface area contributed by atoms with E-state index in [0.29, 0.717) is 4.75 Å². The number of hydrogen-bond acceptors (Lipinski definition) is 5. The van der Waals surface area contributed by atoms with Crippen molar-refractivity contribution in [3.63, 3.8) is 0 Å². The van der Waals surface area contributed by atoms with Crippen LogP contribution in [0.2, 0.25) is 0 Å². The van der Waals surface area contributed by atoms with E-state index in [0.717, 1.165) is 42.5 Å². The first-order chi connectivity index (χ1) is 9.10. The second kappa shape index (κ2) is 5.99. The van der Waals surface area contributed by atoms with Crippen molar-refractivity contribution in [2.75, 3.05) is 30.0 Å². The van der Waals surface area contributed by atoms with Crippen LogP contribution in [-0.4, -0.2) is 34.1 Å². The van der Waals surface area contributed by atoms with Gasteiger partial charge in [0.15, 0.2) is 0 Å². The highest BCUT2D eigenvalue weighted by molar-refractivity contribution is 8.00. The number of nitrogens with zero attached hydrogens (tertiary/aromatic N) is 2. The van der Waals surface area contributed by atoms with Gasteiger partial charge in [-0.3, -0.25) is 0 Å². The van der Waals surface area contributed by atoms with Crippen LogP contribution in [0, 0.1) is 13.8 Å². The molecule has 5 heteroatoms. The van der Waals surface area contributed by atoms with Gasteiger partial charge in [-0.05, 0) is 39.4 Å². The first-order valence-electron chi connectivity index (χ1n) is 6.98. The van der Waals surface area contributed by atoms with Crippen LogP contribution >= 0.6 is 11.8 Å². The largest absolute Gasteiger partial charge is 0.370 e. The highest BCUT2D eigenvalue weighted by atomic mass is 32.2. The van der Waals surface area contributed by atoms with Gasteiger partial charge in [-0.1, -0.05) is 6.92 Å². The van der Waals surface area contributed by atoms with Crippen LogP contribution in [0.3, 0.4) is 0 Å². The third-order valence-electron chi connectivity index (χ3n) is 3.62. The lowest BCUT2D eigenvalue weighted by Gasteiger charge is -2.17. The van der Waals surface area contributed by atoms with Crippen LogP contribution in [0.1, 0.15) is 37.6 Å². The Morgan fingerprint density at radius 1 is 1.16 bits per heavy atom. The van der Waals surface area contributed by atoms with Crippen LogP contribution in [0.5, 0.6) is 0 Å². The molecule has 1 heterocycles. The second-order valence-electron chi connectivity index (χ2n) is 5.26. The van der Waals surface area contributed by atoms with Gasteiger partial charge < -0.3 is 10.6 Å². The lowest BCUT2D eigenvalue weighted by atomic mass is 10.3. The van der Waals surface area contributed by atoms with Gasteiger partial charge in [-0.25, -0.2) is 9.97 Å². The second-order valence-corrected chi connectivity index (χ2v) is 6.53. The topological polar surface area (TPSA) is 49.8 Å². The SMILES string of the molecule is CCCNc1nc(C)nc(NCC2(SC)CC2)c1C. The normalized spacial score (nSPS) is 16.2. The number of aryl methyl sites for hydroxylation is 1. The Kier molecular flexibility index (Phi) is 4.55. The highest BCUT2D eigenvalue weighted by Gasteiger charge is 2.41. The minimum atomic E-state index is 0.447. The third kappa shape index (κ3) is 3.53. The van der Waals surface area contributed by atoms with Crippen LogP contribution in [0.15, 0.2) is 0 Å². The number of hydrogen-bond donors (Lipinski definition) is 2. The van der Waals surface area contributed by atoms with Gasteiger partial charge in [0, 0.05) is 23.4 Å². The number of thioether (sulfide) groups is 1. The molecule has 0 atom stereocenters. The van der Waals surface area contributed by atoms with Crippen molar-refractivity contribution < 1.29 is 0 Å². The van der Waals surface area contributed by atoms with Crippen molar-refractivity contribution >= 4 is 23.4 Å². The number of anilines is 2. The smallest absolute Gasteiger partial charge is 0.134 e. The molecule has 4 nitrogen and oxygen atoms in total. The lowest BCUT2D eigenvalue weighted by molar-refractivity contribution is 0.915. The number of rotatable bonds is 7. The van der Waals surface area contributed by atoms with Gasteiger partial charge in [0.2, 0.25) is 0 Å². The lowest BCUT2D eigenvalue weighted by Crippen LogP contribution is -2.19. The minimum absolute atomic E-state index is 0.447. The van der Waals surface area contributed by atoms with Crippen molar-refractivity contribution in [2.45, 2.75) is 44.8 Å². The molecule has 1 aromatic heterocycles. The van der Waals surface area contributed by atoms with E-state index >= 15 is 0 Å². The average Bonchev–Trinajstić information content (AvgIpc) is 3.18. The van der Waals surface area contributed by atoms with E-state index in [1.165, 1.54) is 12.8 Å². The average molecular weight is 280 g/mol. The zero-order valence-corrected chi connectivity index (χ0v) is 13.2. The Morgan fingerprint density at radius 3 is 2.32 bits per heavy atom. The molecule has 1 fully saturated rings. The van der Waals surface area contributed by atoms with Crippen molar-refractivity contribution in [3.8, 4) is 0 Å². The van der Waals surface area contributed by atoms with Crippen molar-refractivity contribution in [3.05, 3.63) is 11.4 Å². The zero-order chi connectivity index (χ0) is 13.9. The van der Waals surface area contributed by atoms with E-state index in [4.69, 9.17) is 0 Å². The molecule has 0 aliphatic heterocycles. The summed E-state index contributed by atoms with van der Waals surface area (Å²) in [6.07, 6.45) is 5.91. The molecule has 0 radical (unpaired) electrons. The quantitative estimate of drug-likeness (QED) is 0.803. The Labute approximate surface area is 120 Å². The number of nitrogens with one attached hydrogen (secondary N) is 2. The predicted molar refractivity (Wildman–Crippen MR) is 84.3 cm³/mol. The molecule has 2 rings (SSSR count). The molecule has 0 amide bonds. The van der Waals surface area contributed by atoms with Crippen molar-refractivity contribution in [1.82, 2.24) is 9.97 Å². The Hall–Kier alpha value is -0.970. The summed E-state index contributed by atoms with van der Waals surface area (Å²) in [5.41, 5.74) is 1.12. The van der Waals surface area contributed by atoms with E-state index in [-0.39, 0.29) is 0 Å². The molecule has 0 bridgehead atoms. The van der Waals surface area contributed by atoms with Crippen LogP contribution < -0.4 is 10.6 Å². The molecular formula is C14H24N4S. The maximum absolute atomic E-state index is 4.54. The fourth-order valence-corrected chi connectivity index (χ4v) is 2.78. The zero-order valence-electron chi connectivity index (χ0n) is 12.3. The Balaban J connectivity index is 2.08. The maximum atomic E-state index is 4.54. The van der Waals surface area contributed by atoms with E-state index < -0.39 is 0 Å². The van der Waals surface area contributed by atoms with Crippen LogP contribution in [-0.2, 0) is 0 Å². The summed E-state index contributed by atoms with van der Waals surface area (Å²) in [6.45, 7) is 8.14. The summed E-state index contributed by atoms with van der Waals surface area (Å²) < 4.78 is 0.447. The minimum Gasteiger partial charge on any atom is -0.370 e. The van der Waals surface area contributed by atoms with Crippen molar-refractivity contribution in [1.29, 1.82) is 0 Å². The molecule has 1 aromatic rings. The summed E-state index contributed by atoms with van der Waals surface area (Å²) in [4.78, 5) is 9.02. The van der Waals surface area contributed by atoms with Crippen LogP contribution in [0.25, 0.3) is 0 Å². The van der Waals surface area contributed by atoms with E-state index in [1.54, 1.807) is 0 Å². The highest BCUT2D eigenvalue weighted by Crippen LogP contribution is 2.47. The molecular weight excluding hydrogens is 256 g/mol. The van der Waals surface area contributed by atoms with Gasteiger partial charge >= 0.3 is 0 Å². The van der Waals surface area contributed by atoms with Gasteiger partial charge in [-0.2, -0.15) is 11.8 Å². The molecule has 0 spiro atoms.